The van der Waals surface area contributed by atoms with E-state index in [1.54, 1.807) is 4.90 Å². The Bertz CT molecular complexity index is 590. The van der Waals surface area contributed by atoms with Crippen molar-refractivity contribution in [3.63, 3.8) is 0 Å². The quantitative estimate of drug-likeness (QED) is 0.634. The Balaban J connectivity index is 2.68. The zero-order chi connectivity index (χ0) is 15.8. The maximum absolute atomic E-state index is 12.0. The molecule has 2 rings (SSSR count). The number of hydrogen-bond donors (Lipinski definition) is 0. The highest BCUT2D eigenvalue weighted by atomic mass is 16.6. The number of carbonyl (C=O) groups excluding carboxylic acids is 1. The minimum atomic E-state index is -0.460. The molecule has 0 bridgehead atoms. The Morgan fingerprint density at radius 3 is 2.43 bits per heavy atom. The van der Waals surface area contributed by atoms with Gasteiger partial charge in [-0.25, -0.2) is 0 Å². The third-order valence-corrected chi connectivity index (χ3v) is 3.68. The highest BCUT2D eigenvalue weighted by Crippen LogP contribution is 2.42. The minimum absolute atomic E-state index is 0.0198. The fourth-order valence-electron chi connectivity index (χ4n) is 2.48. The number of ether oxygens (including phenoxy) is 1. The summed E-state index contributed by atoms with van der Waals surface area (Å²) in [6.45, 7) is 6.51. The monoisotopic (exact) mass is 292 g/mol. The van der Waals surface area contributed by atoms with Gasteiger partial charge in [0.25, 0.3) is 0 Å². The molecule has 0 unspecified atom stereocenters. The van der Waals surface area contributed by atoms with Crippen LogP contribution < -0.4 is 9.64 Å². The Morgan fingerprint density at radius 1 is 1.33 bits per heavy atom. The van der Waals surface area contributed by atoms with E-state index in [-0.39, 0.29) is 22.8 Å². The molecule has 1 saturated heterocycles. The highest BCUT2D eigenvalue weighted by molar-refractivity contribution is 5.97. The molecule has 1 heterocycles. The van der Waals surface area contributed by atoms with Gasteiger partial charge in [0, 0.05) is 19.0 Å². The van der Waals surface area contributed by atoms with Gasteiger partial charge in [-0.3, -0.25) is 14.9 Å². The van der Waals surface area contributed by atoms with E-state index in [0.29, 0.717) is 18.7 Å². The van der Waals surface area contributed by atoms with Gasteiger partial charge in [-0.2, -0.15) is 0 Å². The number of anilines is 1. The van der Waals surface area contributed by atoms with E-state index in [9.17, 15) is 14.9 Å². The van der Waals surface area contributed by atoms with E-state index in [1.165, 1.54) is 13.2 Å². The fourth-order valence-corrected chi connectivity index (χ4v) is 2.48. The average molecular weight is 292 g/mol. The molecule has 1 aliphatic rings. The SMILES string of the molecule is COc1c(N2CCCC2=O)cc(C(C)(C)C)cc1[N+](=O)[O-]. The number of amides is 1. The van der Waals surface area contributed by atoms with Crippen molar-refractivity contribution in [1.29, 1.82) is 0 Å². The second kappa shape index (κ2) is 5.35. The lowest BCUT2D eigenvalue weighted by Crippen LogP contribution is -2.25. The number of nitro benzene ring substituents is 1. The van der Waals surface area contributed by atoms with Crippen molar-refractivity contribution >= 4 is 17.3 Å². The van der Waals surface area contributed by atoms with Crippen LogP contribution >= 0.6 is 0 Å². The molecule has 0 N–H and O–H groups in total. The predicted molar refractivity (Wildman–Crippen MR) is 79.9 cm³/mol. The predicted octanol–water partition coefficient (Wildman–Crippen LogP) is 3.03. The molecule has 1 amide bonds. The van der Waals surface area contributed by atoms with E-state index in [0.717, 1.165) is 12.0 Å². The van der Waals surface area contributed by atoms with Crippen LogP contribution in [0.2, 0.25) is 0 Å². The Hall–Kier alpha value is -2.11. The van der Waals surface area contributed by atoms with Crippen LogP contribution in [0.1, 0.15) is 39.2 Å². The van der Waals surface area contributed by atoms with Crippen LogP contribution in [0.4, 0.5) is 11.4 Å². The van der Waals surface area contributed by atoms with Gasteiger partial charge in [0.15, 0.2) is 0 Å². The smallest absolute Gasteiger partial charge is 0.313 e. The topological polar surface area (TPSA) is 72.7 Å². The lowest BCUT2D eigenvalue weighted by Gasteiger charge is -2.24. The zero-order valence-electron chi connectivity index (χ0n) is 12.8. The number of hydrogen-bond acceptors (Lipinski definition) is 4. The second-order valence-corrected chi connectivity index (χ2v) is 6.20. The molecule has 1 aliphatic heterocycles. The summed E-state index contributed by atoms with van der Waals surface area (Å²) in [5.41, 5.74) is 0.956. The van der Waals surface area contributed by atoms with Gasteiger partial charge in [0.2, 0.25) is 11.7 Å². The van der Waals surface area contributed by atoms with E-state index >= 15 is 0 Å². The van der Waals surface area contributed by atoms with E-state index in [4.69, 9.17) is 4.74 Å². The third kappa shape index (κ3) is 2.84. The molecule has 6 heteroatoms. The molecule has 114 valence electrons. The first kappa shape index (κ1) is 15.3. The van der Waals surface area contributed by atoms with Crippen LogP contribution in [0, 0.1) is 10.1 Å². The summed E-state index contributed by atoms with van der Waals surface area (Å²) >= 11 is 0. The van der Waals surface area contributed by atoms with Crippen LogP contribution in [0.5, 0.6) is 5.75 Å². The molecule has 6 nitrogen and oxygen atoms in total. The minimum Gasteiger partial charge on any atom is -0.489 e. The van der Waals surface area contributed by atoms with E-state index in [1.807, 2.05) is 26.8 Å². The Kier molecular flexibility index (Phi) is 3.89. The average Bonchev–Trinajstić information content (AvgIpc) is 2.82. The zero-order valence-corrected chi connectivity index (χ0v) is 12.8. The largest absolute Gasteiger partial charge is 0.489 e. The van der Waals surface area contributed by atoms with Crippen LogP contribution in [-0.2, 0) is 10.2 Å². The van der Waals surface area contributed by atoms with E-state index < -0.39 is 4.92 Å². The summed E-state index contributed by atoms with van der Waals surface area (Å²) in [5.74, 6) is 0.136. The molecule has 0 atom stereocenters. The van der Waals surface area contributed by atoms with Crippen LogP contribution in [0.15, 0.2) is 12.1 Å². The maximum Gasteiger partial charge on any atom is 0.313 e. The molecule has 0 aliphatic carbocycles. The van der Waals surface area contributed by atoms with Gasteiger partial charge < -0.3 is 9.64 Å². The molecule has 0 spiro atoms. The summed E-state index contributed by atoms with van der Waals surface area (Å²) in [4.78, 5) is 24.4. The molecule has 1 aromatic carbocycles. The normalized spacial score (nSPS) is 15.4. The lowest BCUT2D eigenvalue weighted by atomic mass is 9.86. The Labute approximate surface area is 123 Å². The number of nitrogens with zero attached hydrogens (tertiary/aromatic N) is 2. The molecular weight excluding hydrogens is 272 g/mol. The maximum atomic E-state index is 12.0. The van der Waals surface area contributed by atoms with Crippen molar-refractivity contribution in [2.75, 3.05) is 18.6 Å². The van der Waals surface area contributed by atoms with Crippen molar-refractivity contribution in [1.82, 2.24) is 0 Å². The summed E-state index contributed by atoms with van der Waals surface area (Å²) < 4.78 is 5.23. The summed E-state index contributed by atoms with van der Waals surface area (Å²) in [5, 5.41) is 11.3. The second-order valence-electron chi connectivity index (χ2n) is 6.20. The molecule has 0 radical (unpaired) electrons. The molecule has 21 heavy (non-hydrogen) atoms. The summed E-state index contributed by atoms with van der Waals surface area (Å²) in [6.07, 6.45) is 1.23. The van der Waals surface area contributed by atoms with Crippen molar-refractivity contribution in [3.8, 4) is 5.75 Å². The first-order chi connectivity index (χ1) is 9.75. The first-order valence-corrected chi connectivity index (χ1v) is 6.93. The number of rotatable bonds is 3. The molecular formula is C15H20N2O4. The third-order valence-electron chi connectivity index (χ3n) is 3.68. The fraction of sp³-hybridized carbons (Fsp3) is 0.533. The van der Waals surface area contributed by atoms with Gasteiger partial charge in [0.05, 0.1) is 17.7 Å². The molecule has 0 aromatic heterocycles. The number of carbonyl (C=O) groups is 1. The summed E-state index contributed by atoms with van der Waals surface area (Å²) in [6, 6.07) is 3.36. The Morgan fingerprint density at radius 2 is 2.00 bits per heavy atom. The summed E-state index contributed by atoms with van der Waals surface area (Å²) in [7, 11) is 1.39. The number of methoxy groups -OCH3 is 1. The van der Waals surface area contributed by atoms with Gasteiger partial charge in [-0.15, -0.1) is 0 Å². The number of benzene rings is 1. The van der Waals surface area contributed by atoms with Crippen molar-refractivity contribution in [2.24, 2.45) is 0 Å². The standard InChI is InChI=1S/C15H20N2O4/c1-15(2,3)10-8-11(16-7-5-6-13(16)18)14(21-4)12(9-10)17(19)20/h8-9H,5-7H2,1-4H3. The van der Waals surface area contributed by atoms with Gasteiger partial charge in [0.1, 0.15) is 0 Å². The number of nitro groups is 1. The van der Waals surface area contributed by atoms with Crippen molar-refractivity contribution in [2.45, 2.75) is 39.0 Å². The van der Waals surface area contributed by atoms with E-state index in [2.05, 4.69) is 0 Å². The van der Waals surface area contributed by atoms with Gasteiger partial charge in [-0.1, -0.05) is 20.8 Å². The van der Waals surface area contributed by atoms with Crippen LogP contribution in [0.25, 0.3) is 0 Å². The first-order valence-electron chi connectivity index (χ1n) is 6.93. The molecule has 1 aromatic rings. The van der Waals surface area contributed by atoms with Gasteiger partial charge >= 0.3 is 5.69 Å². The molecule has 1 fully saturated rings. The lowest BCUT2D eigenvalue weighted by molar-refractivity contribution is -0.385. The van der Waals surface area contributed by atoms with Crippen molar-refractivity contribution in [3.05, 3.63) is 27.8 Å². The molecule has 0 saturated carbocycles. The van der Waals surface area contributed by atoms with Gasteiger partial charge in [-0.05, 0) is 23.5 Å². The van der Waals surface area contributed by atoms with Crippen LogP contribution in [-0.4, -0.2) is 24.5 Å². The highest BCUT2D eigenvalue weighted by Gasteiger charge is 2.31. The van der Waals surface area contributed by atoms with Crippen molar-refractivity contribution < 1.29 is 14.5 Å². The van der Waals surface area contributed by atoms with Crippen LogP contribution in [0.3, 0.4) is 0 Å².